The van der Waals surface area contributed by atoms with Crippen molar-refractivity contribution in [3.63, 3.8) is 0 Å². The van der Waals surface area contributed by atoms with Crippen molar-refractivity contribution in [3.8, 4) is 0 Å². The lowest BCUT2D eigenvalue weighted by atomic mass is 10.1. The van der Waals surface area contributed by atoms with Crippen LogP contribution in [0, 0.1) is 0 Å². The highest BCUT2D eigenvalue weighted by molar-refractivity contribution is 5.97. The summed E-state index contributed by atoms with van der Waals surface area (Å²) in [6.45, 7) is 1.07. The standard InChI is InChI=1S/C7H6F5N/c1-3-4(8)2-5(9)6(13-3)7(10,11)12/h2,5-6H,1H3. The first-order chi connectivity index (χ1) is 5.82. The van der Waals surface area contributed by atoms with Crippen molar-refractivity contribution in [2.45, 2.75) is 25.3 Å². The van der Waals surface area contributed by atoms with E-state index in [9.17, 15) is 22.0 Å². The summed E-state index contributed by atoms with van der Waals surface area (Å²) in [5, 5.41) is 0. The molecule has 6 heteroatoms. The molecule has 1 aliphatic rings. The van der Waals surface area contributed by atoms with Gasteiger partial charge in [0.15, 0.2) is 12.2 Å². The van der Waals surface area contributed by atoms with Crippen LogP contribution in [0.4, 0.5) is 22.0 Å². The van der Waals surface area contributed by atoms with Gasteiger partial charge in [-0.05, 0) is 13.0 Å². The van der Waals surface area contributed by atoms with E-state index in [1.807, 2.05) is 0 Å². The zero-order valence-corrected chi connectivity index (χ0v) is 6.57. The monoisotopic (exact) mass is 199 g/mol. The van der Waals surface area contributed by atoms with Gasteiger partial charge in [0.25, 0.3) is 0 Å². The lowest BCUT2D eigenvalue weighted by Crippen LogP contribution is -2.38. The highest BCUT2D eigenvalue weighted by Gasteiger charge is 2.46. The summed E-state index contributed by atoms with van der Waals surface area (Å²) in [6.07, 6.45) is -6.90. The average molecular weight is 199 g/mol. The molecule has 1 aliphatic heterocycles. The van der Waals surface area contributed by atoms with Crippen molar-refractivity contribution in [1.82, 2.24) is 0 Å². The Morgan fingerprint density at radius 2 is 1.92 bits per heavy atom. The summed E-state index contributed by atoms with van der Waals surface area (Å²) >= 11 is 0. The van der Waals surface area contributed by atoms with Crippen LogP contribution in [0.2, 0.25) is 0 Å². The maximum Gasteiger partial charge on any atom is 0.413 e. The van der Waals surface area contributed by atoms with Gasteiger partial charge in [0.1, 0.15) is 5.83 Å². The van der Waals surface area contributed by atoms with E-state index < -0.39 is 29.9 Å². The summed E-state index contributed by atoms with van der Waals surface area (Å²) in [4.78, 5) is 2.89. The van der Waals surface area contributed by atoms with E-state index in [2.05, 4.69) is 4.99 Å². The third-order valence-corrected chi connectivity index (χ3v) is 1.62. The van der Waals surface area contributed by atoms with Gasteiger partial charge in [0.05, 0.1) is 5.71 Å². The van der Waals surface area contributed by atoms with Crippen LogP contribution in [0.1, 0.15) is 6.92 Å². The Morgan fingerprint density at radius 3 is 2.38 bits per heavy atom. The van der Waals surface area contributed by atoms with Gasteiger partial charge in [-0.3, -0.25) is 4.99 Å². The van der Waals surface area contributed by atoms with E-state index in [-0.39, 0.29) is 0 Å². The number of aliphatic imine (C=N–C) groups is 1. The maximum absolute atomic E-state index is 12.6. The number of dihydropyridines is 1. The second-order valence-electron chi connectivity index (χ2n) is 2.66. The Morgan fingerprint density at radius 1 is 1.38 bits per heavy atom. The first-order valence-corrected chi connectivity index (χ1v) is 3.45. The summed E-state index contributed by atoms with van der Waals surface area (Å²) in [5.74, 6) is -1.03. The highest BCUT2D eigenvalue weighted by Crippen LogP contribution is 2.31. The quantitative estimate of drug-likeness (QED) is 0.531. The molecule has 2 unspecified atom stereocenters. The number of allylic oxidation sites excluding steroid dienone is 1. The molecule has 2 atom stereocenters. The van der Waals surface area contributed by atoms with E-state index in [1.54, 1.807) is 0 Å². The van der Waals surface area contributed by atoms with Crippen LogP contribution >= 0.6 is 0 Å². The van der Waals surface area contributed by atoms with Gasteiger partial charge in [-0.1, -0.05) is 0 Å². The second kappa shape index (κ2) is 3.08. The van der Waals surface area contributed by atoms with Crippen LogP contribution in [0.25, 0.3) is 0 Å². The normalized spacial score (nSPS) is 29.7. The molecule has 1 heterocycles. The first kappa shape index (κ1) is 10.1. The van der Waals surface area contributed by atoms with Crippen LogP contribution in [0.5, 0.6) is 0 Å². The van der Waals surface area contributed by atoms with Crippen LogP contribution in [0.15, 0.2) is 16.9 Å². The van der Waals surface area contributed by atoms with E-state index in [0.717, 1.165) is 6.92 Å². The van der Waals surface area contributed by atoms with Crippen molar-refractivity contribution in [3.05, 3.63) is 11.9 Å². The second-order valence-corrected chi connectivity index (χ2v) is 2.66. The summed E-state index contributed by atoms with van der Waals surface area (Å²) in [5.41, 5.74) is -0.420. The van der Waals surface area contributed by atoms with E-state index >= 15 is 0 Å². The fourth-order valence-corrected chi connectivity index (χ4v) is 0.947. The fourth-order valence-electron chi connectivity index (χ4n) is 0.947. The smallest absolute Gasteiger partial charge is 0.271 e. The van der Waals surface area contributed by atoms with Crippen LogP contribution < -0.4 is 0 Å². The molecule has 0 aromatic carbocycles. The van der Waals surface area contributed by atoms with Crippen molar-refractivity contribution < 1.29 is 22.0 Å². The Balaban J connectivity index is 2.94. The molecule has 0 fully saturated rings. The minimum atomic E-state index is -4.77. The van der Waals surface area contributed by atoms with Crippen molar-refractivity contribution in [2.24, 2.45) is 4.99 Å². The lowest BCUT2D eigenvalue weighted by Gasteiger charge is -2.21. The maximum atomic E-state index is 12.6. The van der Waals surface area contributed by atoms with Gasteiger partial charge in [-0.15, -0.1) is 0 Å². The van der Waals surface area contributed by atoms with Crippen molar-refractivity contribution in [2.75, 3.05) is 0 Å². The first-order valence-electron chi connectivity index (χ1n) is 3.45. The molecule has 1 rings (SSSR count). The molecule has 0 radical (unpaired) electrons. The van der Waals surface area contributed by atoms with Crippen LogP contribution in [-0.4, -0.2) is 24.1 Å². The van der Waals surface area contributed by atoms with Crippen molar-refractivity contribution in [1.29, 1.82) is 0 Å². The molecule has 74 valence electrons. The van der Waals surface area contributed by atoms with Gasteiger partial charge in [0.2, 0.25) is 0 Å². The Hall–Kier alpha value is -0.940. The topological polar surface area (TPSA) is 12.4 Å². The molecule has 0 saturated carbocycles. The molecular formula is C7H6F5N. The molecule has 0 saturated heterocycles. The van der Waals surface area contributed by atoms with Gasteiger partial charge in [0, 0.05) is 0 Å². The highest BCUT2D eigenvalue weighted by atomic mass is 19.4. The van der Waals surface area contributed by atoms with Gasteiger partial charge < -0.3 is 0 Å². The molecule has 0 aromatic rings. The predicted octanol–water partition coefficient (Wildman–Crippen LogP) is 2.58. The molecule has 0 N–H and O–H groups in total. The summed E-state index contributed by atoms with van der Waals surface area (Å²) in [6, 6.07) is -2.47. The lowest BCUT2D eigenvalue weighted by molar-refractivity contribution is -0.156. The van der Waals surface area contributed by atoms with Crippen LogP contribution in [0.3, 0.4) is 0 Å². The molecule has 1 nitrogen and oxygen atoms in total. The molecule has 0 aliphatic carbocycles. The summed E-state index contributed by atoms with van der Waals surface area (Å²) < 4.78 is 61.1. The zero-order chi connectivity index (χ0) is 10.2. The minimum absolute atomic E-state index is 0.292. The molecule has 0 spiro atoms. The van der Waals surface area contributed by atoms with E-state index in [0.29, 0.717) is 6.08 Å². The average Bonchev–Trinajstić information content (AvgIpc) is 1.94. The Kier molecular flexibility index (Phi) is 2.40. The molecule has 13 heavy (non-hydrogen) atoms. The van der Waals surface area contributed by atoms with Gasteiger partial charge in [-0.25, -0.2) is 8.78 Å². The van der Waals surface area contributed by atoms with Gasteiger partial charge >= 0.3 is 6.18 Å². The van der Waals surface area contributed by atoms with Crippen molar-refractivity contribution >= 4 is 5.71 Å². The van der Waals surface area contributed by atoms with Gasteiger partial charge in [-0.2, -0.15) is 13.2 Å². The van der Waals surface area contributed by atoms with E-state index in [4.69, 9.17) is 0 Å². The number of rotatable bonds is 0. The van der Waals surface area contributed by atoms with Crippen LogP contribution in [-0.2, 0) is 0 Å². The van der Waals surface area contributed by atoms with E-state index in [1.165, 1.54) is 0 Å². The number of nitrogens with zero attached hydrogens (tertiary/aromatic N) is 1. The number of halogens is 5. The largest absolute Gasteiger partial charge is 0.413 e. The third kappa shape index (κ3) is 2.05. The number of alkyl halides is 4. The Bertz CT molecular complexity index is 265. The zero-order valence-electron chi connectivity index (χ0n) is 6.57. The molecule has 0 aromatic heterocycles. The third-order valence-electron chi connectivity index (χ3n) is 1.62. The molecule has 0 bridgehead atoms. The minimum Gasteiger partial charge on any atom is -0.271 e. The fraction of sp³-hybridized carbons (Fsp3) is 0.571. The SMILES string of the molecule is CC1=NC(C(F)(F)F)C(F)C=C1F. The number of hydrogen-bond donors (Lipinski definition) is 0. The number of hydrogen-bond acceptors (Lipinski definition) is 1. The molecular weight excluding hydrogens is 193 g/mol. The summed E-state index contributed by atoms with van der Waals surface area (Å²) in [7, 11) is 0. The predicted molar refractivity (Wildman–Crippen MR) is 37.0 cm³/mol. The molecule has 0 amide bonds. The Labute approximate surface area is 71.0 Å².